The summed E-state index contributed by atoms with van der Waals surface area (Å²) in [6.07, 6.45) is 0.409. The molecular weight excluding hydrogens is 270 g/mol. The van der Waals surface area contributed by atoms with Gasteiger partial charge in [0.1, 0.15) is 0 Å². The SMILES string of the molecule is CCN1C(=O)Cc2cc(C(=O)CBr)ccc21. The minimum absolute atomic E-state index is 0.0465. The average Bonchev–Trinajstić information content (AvgIpc) is 2.62. The maximum Gasteiger partial charge on any atom is 0.231 e. The fourth-order valence-corrected chi connectivity index (χ4v) is 2.30. The van der Waals surface area contributed by atoms with Crippen molar-refractivity contribution in [3.63, 3.8) is 0 Å². The van der Waals surface area contributed by atoms with E-state index in [0.29, 0.717) is 23.9 Å². The summed E-state index contributed by atoms with van der Waals surface area (Å²) in [5, 5.41) is 0.317. The molecule has 0 saturated carbocycles. The predicted octanol–water partition coefficient (Wildman–Crippen LogP) is 2.17. The molecule has 4 heteroatoms. The van der Waals surface area contributed by atoms with E-state index in [1.165, 1.54) is 0 Å². The van der Waals surface area contributed by atoms with Crippen LogP contribution in [-0.2, 0) is 11.2 Å². The van der Waals surface area contributed by atoms with Crippen LogP contribution in [-0.4, -0.2) is 23.6 Å². The van der Waals surface area contributed by atoms with Gasteiger partial charge in [-0.3, -0.25) is 9.59 Å². The highest BCUT2D eigenvalue weighted by Gasteiger charge is 2.26. The summed E-state index contributed by atoms with van der Waals surface area (Å²) >= 11 is 3.14. The number of Topliss-reactive ketones (excluding diaryl/α,β-unsaturated/α-hetero) is 1. The molecule has 1 amide bonds. The third kappa shape index (κ3) is 1.78. The van der Waals surface area contributed by atoms with Crippen LogP contribution in [0.15, 0.2) is 18.2 Å². The van der Waals surface area contributed by atoms with Crippen LogP contribution in [0.25, 0.3) is 0 Å². The average molecular weight is 282 g/mol. The van der Waals surface area contributed by atoms with E-state index in [2.05, 4.69) is 15.9 Å². The maximum absolute atomic E-state index is 11.6. The second kappa shape index (κ2) is 4.37. The molecule has 0 unspecified atom stereocenters. The van der Waals surface area contributed by atoms with Crippen LogP contribution < -0.4 is 4.90 Å². The van der Waals surface area contributed by atoms with E-state index < -0.39 is 0 Å². The molecule has 2 rings (SSSR count). The number of anilines is 1. The fraction of sp³-hybridized carbons (Fsp3) is 0.333. The molecule has 84 valence electrons. The maximum atomic E-state index is 11.6. The van der Waals surface area contributed by atoms with Gasteiger partial charge in [0.05, 0.1) is 11.8 Å². The van der Waals surface area contributed by atoms with Gasteiger partial charge < -0.3 is 4.90 Å². The zero-order valence-corrected chi connectivity index (χ0v) is 10.6. The lowest BCUT2D eigenvalue weighted by Gasteiger charge is -2.14. The lowest BCUT2D eigenvalue weighted by atomic mass is 10.1. The Bertz CT molecular complexity index is 456. The summed E-state index contributed by atoms with van der Waals surface area (Å²) in [6.45, 7) is 2.63. The number of hydrogen-bond acceptors (Lipinski definition) is 2. The Balaban J connectivity index is 2.40. The molecule has 0 aromatic heterocycles. The number of alkyl halides is 1. The third-order valence-electron chi connectivity index (χ3n) is 2.77. The number of amides is 1. The van der Waals surface area contributed by atoms with Crippen LogP contribution in [0.4, 0.5) is 5.69 Å². The standard InChI is InChI=1S/C12H12BrNO2/c1-2-14-10-4-3-8(11(15)7-13)5-9(10)6-12(14)16/h3-5H,2,6-7H2,1H3. The van der Waals surface area contributed by atoms with Crippen molar-refractivity contribution in [3.8, 4) is 0 Å². The Morgan fingerprint density at radius 3 is 2.88 bits per heavy atom. The molecule has 0 atom stereocenters. The number of fused-ring (bicyclic) bond motifs is 1. The molecule has 1 aromatic rings. The highest BCUT2D eigenvalue weighted by atomic mass is 79.9. The molecule has 1 heterocycles. The van der Waals surface area contributed by atoms with Crippen molar-refractivity contribution in [1.82, 2.24) is 0 Å². The van der Waals surface area contributed by atoms with E-state index in [-0.39, 0.29) is 11.7 Å². The number of likely N-dealkylation sites (N-methyl/N-ethyl adjacent to an activating group) is 1. The lowest BCUT2D eigenvalue weighted by Crippen LogP contribution is -2.25. The predicted molar refractivity (Wildman–Crippen MR) is 66.3 cm³/mol. The Kier molecular flexibility index (Phi) is 3.10. The van der Waals surface area contributed by atoms with Crippen LogP contribution in [0.3, 0.4) is 0 Å². The van der Waals surface area contributed by atoms with Gasteiger partial charge >= 0.3 is 0 Å². The zero-order chi connectivity index (χ0) is 11.7. The van der Waals surface area contributed by atoms with E-state index in [4.69, 9.17) is 0 Å². The van der Waals surface area contributed by atoms with Gasteiger partial charge in [0, 0.05) is 17.8 Å². The van der Waals surface area contributed by atoms with E-state index in [0.717, 1.165) is 11.3 Å². The van der Waals surface area contributed by atoms with Gasteiger partial charge in [-0.1, -0.05) is 15.9 Å². The molecular formula is C12H12BrNO2. The number of benzene rings is 1. The second-order valence-corrected chi connectivity index (χ2v) is 4.28. The van der Waals surface area contributed by atoms with Crippen LogP contribution >= 0.6 is 15.9 Å². The van der Waals surface area contributed by atoms with Crippen molar-refractivity contribution in [3.05, 3.63) is 29.3 Å². The largest absolute Gasteiger partial charge is 0.312 e. The van der Waals surface area contributed by atoms with Crippen LogP contribution in [0, 0.1) is 0 Å². The van der Waals surface area contributed by atoms with Gasteiger partial charge in [-0.2, -0.15) is 0 Å². The first-order valence-corrected chi connectivity index (χ1v) is 6.32. The molecule has 0 spiro atoms. The van der Waals surface area contributed by atoms with Crippen molar-refractivity contribution in [2.45, 2.75) is 13.3 Å². The van der Waals surface area contributed by atoms with Crippen LogP contribution in [0.1, 0.15) is 22.8 Å². The van der Waals surface area contributed by atoms with Gasteiger partial charge in [-0.15, -0.1) is 0 Å². The molecule has 0 fully saturated rings. The number of nitrogens with zero attached hydrogens (tertiary/aromatic N) is 1. The molecule has 0 aliphatic carbocycles. The Hall–Kier alpha value is -1.16. The summed E-state index contributed by atoms with van der Waals surface area (Å²) in [5.74, 6) is 0.158. The normalized spacial score (nSPS) is 14.1. The van der Waals surface area contributed by atoms with Crippen molar-refractivity contribution < 1.29 is 9.59 Å². The highest BCUT2D eigenvalue weighted by molar-refractivity contribution is 9.09. The van der Waals surface area contributed by atoms with Gasteiger partial charge in [-0.25, -0.2) is 0 Å². The van der Waals surface area contributed by atoms with E-state index in [1.807, 2.05) is 19.1 Å². The first-order chi connectivity index (χ1) is 7.67. The van der Waals surface area contributed by atoms with Gasteiger partial charge in [-0.05, 0) is 30.7 Å². The molecule has 1 aliphatic heterocycles. The molecule has 16 heavy (non-hydrogen) atoms. The molecule has 1 aromatic carbocycles. The number of halogens is 1. The minimum atomic E-state index is 0.0465. The first kappa shape index (κ1) is 11.3. The van der Waals surface area contributed by atoms with Crippen molar-refractivity contribution in [2.75, 3.05) is 16.8 Å². The Morgan fingerprint density at radius 1 is 1.50 bits per heavy atom. The fourth-order valence-electron chi connectivity index (χ4n) is 1.98. The smallest absolute Gasteiger partial charge is 0.231 e. The number of rotatable bonds is 3. The molecule has 0 radical (unpaired) electrons. The lowest BCUT2D eigenvalue weighted by molar-refractivity contribution is -0.117. The van der Waals surface area contributed by atoms with Crippen molar-refractivity contribution in [2.24, 2.45) is 0 Å². The minimum Gasteiger partial charge on any atom is -0.312 e. The number of ketones is 1. The summed E-state index contributed by atoms with van der Waals surface area (Å²) in [5.41, 5.74) is 2.57. The van der Waals surface area contributed by atoms with Gasteiger partial charge in [0.2, 0.25) is 5.91 Å². The van der Waals surface area contributed by atoms with Crippen molar-refractivity contribution >= 4 is 33.3 Å². The summed E-state index contributed by atoms with van der Waals surface area (Å²) in [7, 11) is 0. The van der Waals surface area contributed by atoms with Gasteiger partial charge in [0.15, 0.2) is 5.78 Å². The van der Waals surface area contributed by atoms with Crippen LogP contribution in [0.5, 0.6) is 0 Å². The molecule has 0 bridgehead atoms. The Morgan fingerprint density at radius 2 is 2.25 bits per heavy atom. The van der Waals surface area contributed by atoms with E-state index >= 15 is 0 Å². The molecule has 3 nitrogen and oxygen atoms in total. The number of hydrogen-bond donors (Lipinski definition) is 0. The molecule has 1 aliphatic rings. The highest BCUT2D eigenvalue weighted by Crippen LogP contribution is 2.29. The zero-order valence-electron chi connectivity index (χ0n) is 9.00. The topological polar surface area (TPSA) is 37.4 Å². The van der Waals surface area contributed by atoms with Crippen molar-refractivity contribution in [1.29, 1.82) is 0 Å². The van der Waals surface area contributed by atoms with E-state index in [1.54, 1.807) is 11.0 Å². The summed E-state index contributed by atoms with van der Waals surface area (Å²) in [4.78, 5) is 24.9. The second-order valence-electron chi connectivity index (χ2n) is 3.72. The summed E-state index contributed by atoms with van der Waals surface area (Å²) < 4.78 is 0. The number of carbonyl (C=O) groups excluding carboxylic acids is 2. The third-order valence-corrected chi connectivity index (χ3v) is 3.28. The summed E-state index contributed by atoms with van der Waals surface area (Å²) in [6, 6.07) is 5.47. The number of carbonyl (C=O) groups is 2. The monoisotopic (exact) mass is 281 g/mol. The molecule has 0 N–H and O–H groups in total. The quantitative estimate of drug-likeness (QED) is 0.629. The Labute approximate surface area is 103 Å². The van der Waals surface area contributed by atoms with Gasteiger partial charge in [0.25, 0.3) is 0 Å². The molecule has 0 saturated heterocycles. The van der Waals surface area contributed by atoms with Crippen LogP contribution in [0.2, 0.25) is 0 Å². The van der Waals surface area contributed by atoms with E-state index in [9.17, 15) is 9.59 Å². The first-order valence-electron chi connectivity index (χ1n) is 5.19.